The smallest absolute Gasteiger partial charge is 0.261 e. The second-order valence-corrected chi connectivity index (χ2v) is 7.36. The van der Waals surface area contributed by atoms with E-state index in [4.69, 9.17) is 0 Å². The van der Waals surface area contributed by atoms with E-state index in [1.807, 2.05) is 0 Å². The molecule has 0 unspecified atom stereocenters. The van der Waals surface area contributed by atoms with Gasteiger partial charge in [-0.1, -0.05) is 15.9 Å². The molecule has 2 aromatic carbocycles. The highest BCUT2D eigenvalue weighted by Crippen LogP contribution is 2.21. The fourth-order valence-electron chi connectivity index (χ4n) is 1.99. The standard InChI is InChI=1S/C14H12BrN5O2S/c1-20-14(16-18-19-20)10-2-6-12(7-3-10)17-23(21,22)13-8-4-11(15)5-9-13/h2-9,17H,1H3. The Bertz CT molecular complexity index is 921. The van der Waals surface area contributed by atoms with Crippen molar-refractivity contribution in [1.29, 1.82) is 0 Å². The van der Waals surface area contributed by atoms with Crippen molar-refractivity contribution in [2.24, 2.45) is 7.05 Å². The van der Waals surface area contributed by atoms with Crippen molar-refractivity contribution in [2.75, 3.05) is 4.72 Å². The number of nitrogens with one attached hydrogen (secondary N) is 1. The molecule has 118 valence electrons. The van der Waals surface area contributed by atoms with Crippen LogP contribution in [0, 0.1) is 0 Å². The molecular formula is C14H12BrN5O2S. The van der Waals surface area contributed by atoms with E-state index in [0.29, 0.717) is 11.5 Å². The molecule has 0 saturated heterocycles. The molecule has 0 aliphatic carbocycles. The zero-order chi connectivity index (χ0) is 16.4. The summed E-state index contributed by atoms with van der Waals surface area (Å²) in [6.07, 6.45) is 0. The van der Waals surface area contributed by atoms with Crippen molar-refractivity contribution in [3.05, 3.63) is 53.0 Å². The van der Waals surface area contributed by atoms with Gasteiger partial charge in [0.2, 0.25) is 0 Å². The normalized spacial score (nSPS) is 11.4. The van der Waals surface area contributed by atoms with Gasteiger partial charge in [0, 0.05) is 22.8 Å². The highest BCUT2D eigenvalue weighted by molar-refractivity contribution is 9.10. The van der Waals surface area contributed by atoms with Crippen LogP contribution in [0.25, 0.3) is 11.4 Å². The Morgan fingerprint density at radius 2 is 1.70 bits per heavy atom. The first kappa shape index (κ1) is 15.6. The number of hydrogen-bond acceptors (Lipinski definition) is 5. The first-order valence-electron chi connectivity index (χ1n) is 6.57. The van der Waals surface area contributed by atoms with Gasteiger partial charge >= 0.3 is 0 Å². The van der Waals surface area contributed by atoms with E-state index in [1.165, 1.54) is 12.1 Å². The van der Waals surface area contributed by atoms with Crippen LogP contribution in [0.15, 0.2) is 57.9 Å². The average molecular weight is 394 g/mol. The maximum atomic E-state index is 12.3. The predicted molar refractivity (Wildman–Crippen MR) is 89.2 cm³/mol. The third-order valence-electron chi connectivity index (χ3n) is 3.14. The number of aromatic nitrogens is 4. The molecule has 7 nitrogen and oxygen atoms in total. The van der Waals surface area contributed by atoms with Crippen molar-refractivity contribution in [3.63, 3.8) is 0 Å². The summed E-state index contributed by atoms with van der Waals surface area (Å²) in [6.45, 7) is 0. The molecule has 0 amide bonds. The fraction of sp³-hybridized carbons (Fsp3) is 0.0714. The van der Waals surface area contributed by atoms with E-state index in [2.05, 4.69) is 36.2 Å². The molecule has 0 spiro atoms. The minimum absolute atomic E-state index is 0.197. The topological polar surface area (TPSA) is 89.8 Å². The van der Waals surface area contributed by atoms with Crippen LogP contribution in [0.2, 0.25) is 0 Å². The molecule has 23 heavy (non-hydrogen) atoms. The molecule has 0 aliphatic heterocycles. The fourth-order valence-corrected chi connectivity index (χ4v) is 3.31. The highest BCUT2D eigenvalue weighted by Gasteiger charge is 2.14. The van der Waals surface area contributed by atoms with Crippen LogP contribution in [-0.4, -0.2) is 28.6 Å². The van der Waals surface area contributed by atoms with Gasteiger partial charge in [-0.2, -0.15) is 0 Å². The van der Waals surface area contributed by atoms with E-state index >= 15 is 0 Å². The number of anilines is 1. The van der Waals surface area contributed by atoms with Crippen molar-refractivity contribution in [1.82, 2.24) is 20.2 Å². The molecule has 3 aromatic rings. The van der Waals surface area contributed by atoms with E-state index in [1.54, 1.807) is 48.1 Å². The summed E-state index contributed by atoms with van der Waals surface area (Å²) >= 11 is 3.28. The van der Waals surface area contributed by atoms with Crippen LogP contribution < -0.4 is 4.72 Å². The Labute approximate surface area is 141 Å². The number of rotatable bonds is 4. The minimum Gasteiger partial charge on any atom is -0.280 e. The summed E-state index contributed by atoms with van der Waals surface area (Å²) in [6, 6.07) is 13.3. The average Bonchev–Trinajstić information content (AvgIpc) is 2.94. The summed E-state index contributed by atoms with van der Waals surface area (Å²) in [4.78, 5) is 0.197. The second kappa shape index (κ2) is 6.09. The van der Waals surface area contributed by atoms with Crippen molar-refractivity contribution in [3.8, 4) is 11.4 Å². The predicted octanol–water partition coefficient (Wildman–Crippen LogP) is 2.44. The summed E-state index contributed by atoms with van der Waals surface area (Å²) < 4.78 is 29.5. The van der Waals surface area contributed by atoms with Crippen molar-refractivity contribution in [2.45, 2.75) is 4.90 Å². The van der Waals surface area contributed by atoms with Crippen LogP contribution >= 0.6 is 15.9 Å². The first-order valence-corrected chi connectivity index (χ1v) is 8.84. The number of tetrazole rings is 1. The zero-order valence-electron chi connectivity index (χ0n) is 12.0. The highest BCUT2D eigenvalue weighted by atomic mass is 79.9. The van der Waals surface area contributed by atoms with Crippen LogP contribution in [0.3, 0.4) is 0 Å². The molecule has 0 saturated carbocycles. The largest absolute Gasteiger partial charge is 0.280 e. The lowest BCUT2D eigenvalue weighted by Gasteiger charge is -2.08. The van der Waals surface area contributed by atoms with Gasteiger partial charge in [-0.25, -0.2) is 13.1 Å². The van der Waals surface area contributed by atoms with Crippen LogP contribution in [0.4, 0.5) is 5.69 Å². The summed E-state index contributed by atoms with van der Waals surface area (Å²) in [5, 5.41) is 11.2. The summed E-state index contributed by atoms with van der Waals surface area (Å²) in [7, 11) is -1.89. The Hall–Kier alpha value is -2.26. The van der Waals surface area contributed by atoms with Crippen LogP contribution in [-0.2, 0) is 17.1 Å². The molecule has 0 atom stereocenters. The third-order valence-corrected chi connectivity index (χ3v) is 5.07. The number of nitrogens with zero attached hydrogens (tertiary/aromatic N) is 4. The minimum atomic E-state index is -3.62. The van der Waals surface area contributed by atoms with Crippen LogP contribution in [0.5, 0.6) is 0 Å². The lowest BCUT2D eigenvalue weighted by atomic mass is 10.2. The Kier molecular flexibility index (Phi) is 4.14. The molecule has 9 heteroatoms. The molecule has 0 bridgehead atoms. The maximum Gasteiger partial charge on any atom is 0.261 e. The Morgan fingerprint density at radius 1 is 1.04 bits per heavy atom. The van der Waals surface area contributed by atoms with E-state index in [-0.39, 0.29) is 4.90 Å². The SMILES string of the molecule is Cn1nnnc1-c1ccc(NS(=O)(=O)c2ccc(Br)cc2)cc1. The molecular weight excluding hydrogens is 382 g/mol. The van der Waals surface area contributed by atoms with Crippen molar-refractivity contribution < 1.29 is 8.42 Å². The molecule has 1 aromatic heterocycles. The number of halogens is 1. The maximum absolute atomic E-state index is 12.3. The third kappa shape index (κ3) is 3.40. The number of aryl methyl sites for hydroxylation is 1. The summed E-state index contributed by atoms with van der Waals surface area (Å²) in [5.41, 5.74) is 1.26. The molecule has 3 rings (SSSR count). The van der Waals surface area contributed by atoms with E-state index < -0.39 is 10.0 Å². The number of benzene rings is 2. The quantitative estimate of drug-likeness (QED) is 0.734. The molecule has 1 N–H and O–H groups in total. The van der Waals surface area contributed by atoms with Gasteiger partial charge in [0.15, 0.2) is 5.82 Å². The van der Waals surface area contributed by atoms with Gasteiger partial charge in [0.05, 0.1) is 4.90 Å². The van der Waals surface area contributed by atoms with Gasteiger partial charge in [0.1, 0.15) is 0 Å². The molecule has 0 fully saturated rings. The van der Waals surface area contributed by atoms with Crippen molar-refractivity contribution >= 4 is 31.6 Å². The monoisotopic (exact) mass is 393 g/mol. The number of sulfonamides is 1. The zero-order valence-corrected chi connectivity index (χ0v) is 14.4. The summed E-state index contributed by atoms with van der Waals surface area (Å²) in [5.74, 6) is 0.604. The van der Waals surface area contributed by atoms with Gasteiger partial charge in [-0.05, 0) is 59.0 Å². The van der Waals surface area contributed by atoms with Gasteiger partial charge < -0.3 is 0 Å². The molecule has 0 aliphatic rings. The molecule has 0 radical (unpaired) electrons. The molecule has 1 heterocycles. The Balaban J connectivity index is 1.83. The van der Waals surface area contributed by atoms with Gasteiger partial charge in [-0.3, -0.25) is 4.72 Å². The number of hydrogen-bond donors (Lipinski definition) is 1. The van der Waals surface area contributed by atoms with Gasteiger partial charge in [-0.15, -0.1) is 5.10 Å². The van der Waals surface area contributed by atoms with E-state index in [9.17, 15) is 8.42 Å². The Morgan fingerprint density at radius 3 is 2.26 bits per heavy atom. The van der Waals surface area contributed by atoms with Gasteiger partial charge in [0.25, 0.3) is 10.0 Å². The second-order valence-electron chi connectivity index (χ2n) is 4.76. The first-order chi connectivity index (χ1) is 11.0. The van der Waals surface area contributed by atoms with E-state index in [0.717, 1.165) is 10.0 Å². The lowest BCUT2D eigenvalue weighted by Crippen LogP contribution is -2.12. The van der Waals surface area contributed by atoms with Crippen LogP contribution in [0.1, 0.15) is 0 Å². The lowest BCUT2D eigenvalue weighted by molar-refractivity contribution is 0.601.